The van der Waals surface area contributed by atoms with Gasteiger partial charge in [0.1, 0.15) is 5.60 Å². The van der Waals surface area contributed by atoms with E-state index in [4.69, 9.17) is 5.11 Å². The van der Waals surface area contributed by atoms with Gasteiger partial charge in [0.25, 0.3) is 0 Å². The molecule has 3 heteroatoms. The van der Waals surface area contributed by atoms with Crippen molar-refractivity contribution < 1.29 is 15.0 Å². The van der Waals surface area contributed by atoms with Crippen molar-refractivity contribution >= 4 is 5.97 Å². The van der Waals surface area contributed by atoms with Crippen LogP contribution in [0, 0.1) is 29.1 Å². The molecule has 0 aliphatic heterocycles. The summed E-state index contributed by atoms with van der Waals surface area (Å²) in [4.78, 5) is 10.2. The van der Waals surface area contributed by atoms with E-state index in [1.54, 1.807) is 27.7 Å². The minimum Gasteiger partial charge on any atom is -0.472 e. The van der Waals surface area contributed by atoms with Gasteiger partial charge in [0.15, 0.2) is 0 Å². The highest BCUT2D eigenvalue weighted by molar-refractivity contribution is 5.86. The summed E-state index contributed by atoms with van der Waals surface area (Å²) in [6.07, 6.45) is 0. The van der Waals surface area contributed by atoms with Gasteiger partial charge in [-0.2, -0.15) is 0 Å². The zero-order chi connectivity index (χ0) is 11.4. The summed E-state index contributed by atoms with van der Waals surface area (Å²) in [6.45, 7) is 6.50. The second-order valence-corrected chi connectivity index (χ2v) is 3.99. The second kappa shape index (κ2) is 4.17. The van der Waals surface area contributed by atoms with Crippen LogP contribution >= 0.6 is 0 Å². The van der Waals surface area contributed by atoms with Crippen molar-refractivity contribution in [3.05, 3.63) is 0 Å². The first-order valence-electron chi connectivity index (χ1n) is 4.15. The van der Waals surface area contributed by atoms with Crippen LogP contribution in [0.25, 0.3) is 0 Å². The van der Waals surface area contributed by atoms with Crippen molar-refractivity contribution in [1.82, 2.24) is 0 Å². The molecule has 0 saturated carbocycles. The summed E-state index contributed by atoms with van der Waals surface area (Å²) in [5, 5.41) is 17.7. The highest BCUT2D eigenvalue weighted by atomic mass is 16.4. The molecule has 0 radical (unpaired) electrons. The first-order valence-corrected chi connectivity index (χ1v) is 4.15. The standard InChI is InChI=1S/C11H14O3/c1-10(2,6-5-9(12)13)7-8-11(3,4)14/h14H,1-4H3,(H,12,13). The predicted molar refractivity (Wildman–Crippen MR) is 53.3 cm³/mol. The van der Waals surface area contributed by atoms with Gasteiger partial charge in [-0.15, -0.1) is 0 Å². The van der Waals surface area contributed by atoms with Crippen molar-refractivity contribution in [3.8, 4) is 23.7 Å². The molecule has 0 aromatic carbocycles. The zero-order valence-electron chi connectivity index (χ0n) is 8.80. The van der Waals surface area contributed by atoms with E-state index < -0.39 is 17.0 Å². The predicted octanol–water partition coefficient (Wildman–Crippen LogP) is 0.875. The fourth-order valence-electron chi connectivity index (χ4n) is 0.550. The number of carboxylic acids is 1. The lowest BCUT2D eigenvalue weighted by molar-refractivity contribution is -0.130. The van der Waals surface area contributed by atoms with Gasteiger partial charge in [-0.3, -0.25) is 0 Å². The lowest BCUT2D eigenvalue weighted by Crippen LogP contribution is -2.16. The molecule has 0 atom stereocenters. The maximum absolute atomic E-state index is 10.2. The third-order valence-electron chi connectivity index (χ3n) is 1.16. The van der Waals surface area contributed by atoms with Gasteiger partial charge in [-0.25, -0.2) is 4.79 Å². The molecule has 0 aliphatic rings. The molecule has 0 amide bonds. The number of hydrogen-bond acceptors (Lipinski definition) is 2. The Bertz CT molecular complexity index is 337. The lowest BCUT2D eigenvalue weighted by Gasteiger charge is -2.11. The summed E-state index contributed by atoms with van der Waals surface area (Å²) >= 11 is 0. The molecule has 76 valence electrons. The molecule has 0 saturated heterocycles. The van der Waals surface area contributed by atoms with E-state index in [-0.39, 0.29) is 0 Å². The smallest absolute Gasteiger partial charge is 0.381 e. The molecule has 0 aromatic rings. The van der Waals surface area contributed by atoms with E-state index in [1.165, 1.54) is 0 Å². The van der Waals surface area contributed by atoms with E-state index in [9.17, 15) is 9.90 Å². The van der Waals surface area contributed by atoms with E-state index in [2.05, 4.69) is 17.8 Å². The summed E-state index contributed by atoms with van der Waals surface area (Å²) in [5.41, 5.74) is -1.80. The average molecular weight is 194 g/mol. The van der Waals surface area contributed by atoms with Crippen LogP contribution in [-0.2, 0) is 4.79 Å². The molecule has 0 spiro atoms. The molecule has 0 bridgehead atoms. The average Bonchev–Trinajstić information content (AvgIpc) is 1.97. The van der Waals surface area contributed by atoms with Crippen LogP contribution < -0.4 is 0 Å². The first kappa shape index (κ1) is 12.6. The largest absolute Gasteiger partial charge is 0.472 e. The van der Waals surface area contributed by atoms with Gasteiger partial charge in [-0.05, 0) is 27.7 Å². The zero-order valence-corrected chi connectivity index (χ0v) is 8.80. The summed E-state index contributed by atoms with van der Waals surface area (Å²) < 4.78 is 0. The van der Waals surface area contributed by atoms with Crippen LogP contribution in [0.4, 0.5) is 0 Å². The normalized spacial score (nSPS) is 10.6. The Morgan fingerprint density at radius 2 is 1.57 bits per heavy atom. The third kappa shape index (κ3) is 7.21. The Morgan fingerprint density at radius 3 is 1.93 bits per heavy atom. The first-order chi connectivity index (χ1) is 6.12. The highest BCUT2D eigenvalue weighted by Crippen LogP contribution is 2.12. The number of carbonyl (C=O) groups is 1. The molecule has 2 N–H and O–H groups in total. The number of carboxylic acid groups (broad SMARTS) is 1. The Hall–Kier alpha value is -1.45. The van der Waals surface area contributed by atoms with Crippen LogP contribution in [0.5, 0.6) is 0 Å². The molecule has 0 heterocycles. The van der Waals surface area contributed by atoms with Crippen LogP contribution in [0.3, 0.4) is 0 Å². The highest BCUT2D eigenvalue weighted by Gasteiger charge is 2.13. The SMILES string of the molecule is CC(C)(O)C#CC(C)(C)C#CC(=O)O. The molecule has 3 nitrogen and oxygen atoms in total. The molecule has 0 rings (SSSR count). The topological polar surface area (TPSA) is 57.5 Å². The fourth-order valence-corrected chi connectivity index (χ4v) is 0.550. The number of aliphatic hydroxyl groups is 1. The summed E-state index contributed by atoms with van der Waals surface area (Å²) in [5.74, 6) is 8.64. The number of rotatable bonds is 0. The third-order valence-corrected chi connectivity index (χ3v) is 1.16. The van der Waals surface area contributed by atoms with Gasteiger partial charge < -0.3 is 10.2 Å². The molecule has 0 aliphatic carbocycles. The van der Waals surface area contributed by atoms with Crippen LogP contribution in [-0.4, -0.2) is 21.8 Å². The monoisotopic (exact) mass is 194 g/mol. The van der Waals surface area contributed by atoms with Gasteiger partial charge in [0, 0.05) is 5.92 Å². The maximum Gasteiger partial charge on any atom is 0.381 e. The number of aliphatic carboxylic acids is 1. The lowest BCUT2D eigenvalue weighted by atomic mass is 9.94. The van der Waals surface area contributed by atoms with E-state index in [0.29, 0.717) is 0 Å². The minimum atomic E-state index is -1.18. The molecule has 14 heavy (non-hydrogen) atoms. The number of hydrogen-bond donors (Lipinski definition) is 2. The van der Waals surface area contributed by atoms with E-state index >= 15 is 0 Å². The maximum atomic E-state index is 10.2. The minimum absolute atomic E-state index is 0.724. The van der Waals surface area contributed by atoms with E-state index in [0.717, 1.165) is 0 Å². The molecule has 0 unspecified atom stereocenters. The fraction of sp³-hybridized carbons (Fsp3) is 0.545. The molecular formula is C11H14O3. The van der Waals surface area contributed by atoms with Crippen molar-refractivity contribution in [3.63, 3.8) is 0 Å². The van der Waals surface area contributed by atoms with Gasteiger partial charge >= 0.3 is 5.97 Å². The summed E-state index contributed by atoms with van der Waals surface area (Å²) in [6, 6.07) is 0. The van der Waals surface area contributed by atoms with Gasteiger partial charge in [0.2, 0.25) is 0 Å². The molecule has 0 fully saturated rings. The van der Waals surface area contributed by atoms with Gasteiger partial charge in [0.05, 0.1) is 5.41 Å². The quantitative estimate of drug-likeness (QED) is 0.563. The van der Waals surface area contributed by atoms with Crippen LogP contribution in [0.1, 0.15) is 27.7 Å². The van der Waals surface area contributed by atoms with Crippen LogP contribution in [0.2, 0.25) is 0 Å². The Labute approximate surface area is 84.1 Å². The Morgan fingerprint density at radius 1 is 1.07 bits per heavy atom. The Balaban J connectivity index is 4.74. The van der Waals surface area contributed by atoms with E-state index in [1.807, 2.05) is 5.92 Å². The molecular weight excluding hydrogens is 180 g/mol. The van der Waals surface area contributed by atoms with Crippen molar-refractivity contribution in [2.75, 3.05) is 0 Å². The molecule has 0 aromatic heterocycles. The second-order valence-electron chi connectivity index (χ2n) is 3.99. The van der Waals surface area contributed by atoms with Crippen LogP contribution in [0.15, 0.2) is 0 Å². The Kier molecular flexibility index (Phi) is 3.74. The van der Waals surface area contributed by atoms with Crippen molar-refractivity contribution in [2.45, 2.75) is 33.3 Å². The van der Waals surface area contributed by atoms with Crippen molar-refractivity contribution in [1.29, 1.82) is 0 Å². The van der Waals surface area contributed by atoms with Crippen molar-refractivity contribution in [2.24, 2.45) is 5.41 Å². The summed E-state index contributed by atoms with van der Waals surface area (Å²) in [7, 11) is 0. The van der Waals surface area contributed by atoms with Gasteiger partial charge in [-0.1, -0.05) is 17.8 Å².